The summed E-state index contributed by atoms with van der Waals surface area (Å²) in [5, 5.41) is 8.80. The van der Waals surface area contributed by atoms with Crippen LogP contribution in [0.3, 0.4) is 0 Å². The maximum atomic E-state index is 10.3. The summed E-state index contributed by atoms with van der Waals surface area (Å²) in [7, 11) is 1.91. The highest BCUT2D eigenvalue weighted by molar-refractivity contribution is 5.77. The Kier molecular flexibility index (Phi) is 4.22. The van der Waals surface area contributed by atoms with E-state index in [1.165, 1.54) is 12.3 Å². The van der Waals surface area contributed by atoms with Crippen molar-refractivity contribution in [3.05, 3.63) is 29.6 Å². The van der Waals surface area contributed by atoms with Gasteiger partial charge >= 0.3 is 0 Å². The second kappa shape index (κ2) is 5.66. The van der Waals surface area contributed by atoms with E-state index in [1.54, 1.807) is 12.1 Å². The van der Waals surface area contributed by atoms with Gasteiger partial charge in [-0.1, -0.05) is 0 Å². The van der Waals surface area contributed by atoms with Crippen molar-refractivity contribution < 1.29 is 4.79 Å². The molecule has 0 saturated carbocycles. The summed E-state index contributed by atoms with van der Waals surface area (Å²) < 4.78 is 0. The predicted molar refractivity (Wildman–Crippen MR) is 63.0 cm³/mol. The number of anilines is 1. The molecule has 4 nitrogen and oxygen atoms in total. The smallest absolute Gasteiger partial charge is 0.142 e. The summed E-state index contributed by atoms with van der Waals surface area (Å²) in [6.45, 7) is 2.81. The van der Waals surface area contributed by atoms with E-state index in [0.717, 1.165) is 12.2 Å². The van der Waals surface area contributed by atoms with Gasteiger partial charge in [0.15, 0.2) is 0 Å². The van der Waals surface area contributed by atoms with Crippen LogP contribution in [0.5, 0.6) is 0 Å². The first-order chi connectivity index (χ1) is 7.72. The molecule has 1 rings (SSSR count). The Hall–Kier alpha value is -2.15. The van der Waals surface area contributed by atoms with Crippen LogP contribution in [0.1, 0.15) is 18.2 Å². The number of aromatic nitrogens is 1. The Morgan fingerprint density at radius 1 is 1.62 bits per heavy atom. The molecule has 16 heavy (non-hydrogen) atoms. The minimum atomic E-state index is 0.513. The number of hydrogen-bond acceptors (Lipinski definition) is 4. The Labute approximate surface area is 94.8 Å². The van der Waals surface area contributed by atoms with Crippen molar-refractivity contribution in [1.29, 1.82) is 5.26 Å². The first-order valence-corrected chi connectivity index (χ1v) is 4.96. The predicted octanol–water partition coefficient (Wildman–Crippen LogP) is 1.62. The average Bonchev–Trinajstić information content (AvgIpc) is 2.35. The van der Waals surface area contributed by atoms with Crippen molar-refractivity contribution in [2.45, 2.75) is 6.92 Å². The minimum absolute atomic E-state index is 0.513. The van der Waals surface area contributed by atoms with Crippen molar-refractivity contribution in [3.8, 4) is 6.07 Å². The van der Waals surface area contributed by atoms with Crippen molar-refractivity contribution in [1.82, 2.24) is 4.98 Å². The molecule has 0 spiro atoms. The molecule has 0 amide bonds. The fourth-order valence-electron chi connectivity index (χ4n) is 1.26. The van der Waals surface area contributed by atoms with Gasteiger partial charge in [0, 0.05) is 19.8 Å². The molecule has 0 unspecified atom stereocenters. The quantitative estimate of drug-likeness (QED) is 0.565. The summed E-state index contributed by atoms with van der Waals surface area (Å²) in [6.07, 6.45) is 5.23. The molecule has 0 aliphatic carbocycles. The van der Waals surface area contributed by atoms with Crippen molar-refractivity contribution in [2.24, 2.45) is 0 Å². The highest BCUT2D eigenvalue weighted by atomic mass is 16.1. The molecule has 4 heteroatoms. The molecule has 0 saturated heterocycles. The Balaban J connectivity index is 3.22. The van der Waals surface area contributed by atoms with Crippen LogP contribution in [0.15, 0.2) is 18.3 Å². The average molecular weight is 215 g/mol. The first-order valence-electron chi connectivity index (χ1n) is 4.96. The number of allylic oxidation sites excluding steroid dienone is 1. The van der Waals surface area contributed by atoms with Crippen LogP contribution >= 0.6 is 0 Å². The molecule has 0 atom stereocenters. The lowest BCUT2D eigenvalue weighted by molar-refractivity contribution is -0.104. The fraction of sp³-hybridized carbons (Fsp3) is 0.250. The largest absolute Gasteiger partial charge is 0.373 e. The summed E-state index contributed by atoms with van der Waals surface area (Å²) in [4.78, 5) is 16.4. The van der Waals surface area contributed by atoms with Crippen LogP contribution in [0.2, 0.25) is 0 Å². The van der Waals surface area contributed by atoms with Gasteiger partial charge in [0.25, 0.3) is 0 Å². The van der Waals surface area contributed by atoms with Gasteiger partial charge in [-0.15, -0.1) is 0 Å². The van der Waals surface area contributed by atoms with Crippen LogP contribution in [0.4, 0.5) is 5.69 Å². The highest BCUT2D eigenvalue weighted by Gasteiger charge is 2.06. The molecule has 0 bridgehead atoms. The van der Waals surface area contributed by atoms with E-state index in [-0.39, 0.29) is 0 Å². The van der Waals surface area contributed by atoms with Crippen molar-refractivity contribution >= 4 is 18.0 Å². The van der Waals surface area contributed by atoms with Gasteiger partial charge in [-0.3, -0.25) is 9.78 Å². The zero-order chi connectivity index (χ0) is 12.0. The van der Waals surface area contributed by atoms with Crippen LogP contribution in [-0.2, 0) is 4.79 Å². The van der Waals surface area contributed by atoms with Gasteiger partial charge in [-0.05, 0) is 25.1 Å². The maximum Gasteiger partial charge on any atom is 0.142 e. The summed E-state index contributed by atoms with van der Waals surface area (Å²) >= 11 is 0. The fourth-order valence-corrected chi connectivity index (χ4v) is 1.26. The molecule has 0 aliphatic rings. The SMILES string of the molecule is CCN(C)c1cc(C#N)cnc1/C=C\C=O. The topological polar surface area (TPSA) is 57.0 Å². The van der Waals surface area contributed by atoms with E-state index in [9.17, 15) is 4.79 Å². The first kappa shape index (κ1) is 11.9. The summed E-state index contributed by atoms with van der Waals surface area (Å²) in [6, 6.07) is 3.81. The van der Waals surface area contributed by atoms with Gasteiger partial charge < -0.3 is 4.90 Å². The summed E-state index contributed by atoms with van der Waals surface area (Å²) in [5.74, 6) is 0. The van der Waals surface area contributed by atoms with Crippen LogP contribution < -0.4 is 4.90 Å². The number of pyridine rings is 1. The third kappa shape index (κ3) is 2.67. The number of nitrogens with zero attached hydrogens (tertiary/aromatic N) is 3. The Morgan fingerprint density at radius 3 is 2.94 bits per heavy atom. The molecular formula is C12H13N3O. The Bertz CT molecular complexity index is 446. The van der Waals surface area contributed by atoms with E-state index < -0.39 is 0 Å². The third-order valence-electron chi connectivity index (χ3n) is 2.24. The number of rotatable bonds is 4. The number of hydrogen-bond donors (Lipinski definition) is 0. The minimum Gasteiger partial charge on any atom is -0.373 e. The normalized spacial score (nSPS) is 10.1. The molecule has 0 radical (unpaired) electrons. The van der Waals surface area contributed by atoms with Crippen LogP contribution in [0, 0.1) is 11.3 Å². The molecule has 0 aliphatic heterocycles. The maximum absolute atomic E-state index is 10.3. The van der Waals surface area contributed by atoms with E-state index in [4.69, 9.17) is 5.26 Å². The number of aldehydes is 1. The van der Waals surface area contributed by atoms with Crippen molar-refractivity contribution in [3.63, 3.8) is 0 Å². The van der Waals surface area contributed by atoms with E-state index in [2.05, 4.69) is 4.98 Å². The standard InChI is InChI=1S/C12H13N3O/c1-3-15(2)12-7-10(8-13)9-14-11(12)5-4-6-16/h4-7,9H,3H2,1-2H3/b5-4-. The lowest BCUT2D eigenvalue weighted by Crippen LogP contribution is -2.17. The molecule has 0 N–H and O–H groups in total. The lowest BCUT2D eigenvalue weighted by Gasteiger charge is -2.18. The molecule has 1 aromatic heterocycles. The van der Waals surface area contributed by atoms with E-state index in [0.29, 0.717) is 17.5 Å². The molecule has 0 aromatic carbocycles. The molecular weight excluding hydrogens is 202 g/mol. The van der Waals surface area contributed by atoms with Gasteiger partial charge in [0.2, 0.25) is 0 Å². The van der Waals surface area contributed by atoms with Gasteiger partial charge in [0.1, 0.15) is 12.4 Å². The summed E-state index contributed by atoms with van der Waals surface area (Å²) in [5.41, 5.74) is 2.05. The van der Waals surface area contributed by atoms with E-state index >= 15 is 0 Å². The molecule has 0 fully saturated rings. The third-order valence-corrected chi connectivity index (χ3v) is 2.24. The zero-order valence-corrected chi connectivity index (χ0v) is 9.34. The van der Waals surface area contributed by atoms with Crippen molar-refractivity contribution in [2.75, 3.05) is 18.5 Å². The Morgan fingerprint density at radius 2 is 2.38 bits per heavy atom. The molecule has 1 heterocycles. The number of nitriles is 1. The van der Waals surface area contributed by atoms with E-state index in [1.807, 2.05) is 24.9 Å². The van der Waals surface area contributed by atoms with Gasteiger partial charge in [0.05, 0.1) is 16.9 Å². The zero-order valence-electron chi connectivity index (χ0n) is 9.34. The number of carbonyl (C=O) groups is 1. The molecule has 1 aromatic rings. The monoisotopic (exact) mass is 215 g/mol. The van der Waals surface area contributed by atoms with Crippen LogP contribution in [-0.4, -0.2) is 24.9 Å². The lowest BCUT2D eigenvalue weighted by atomic mass is 10.2. The second-order valence-corrected chi connectivity index (χ2v) is 3.25. The molecule has 82 valence electrons. The van der Waals surface area contributed by atoms with Gasteiger partial charge in [-0.2, -0.15) is 5.26 Å². The second-order valence-electron chi connectivity index (χ2n) is 3.25. The highest BCUT2D eigenvalue weighted by Crippen LogP contribution is 2.19. The number of carbonyl (C=O) groups excluding carboxylic acids is 1. The van der Waals surface area contributed by atoms with Gasteiger partial charge in [-0.25, -0.2) is 0 Å². The van der Waals surface area contributed by atoms with Crippen LogP contribution in [0.25, 0.3) is 6.08 Å².